The van der Waals surface area contributed by atoms with Gasteiger partial charge in [-0.2, -0.15) is 11.3 Å². The maximum atomic E-state index is 5.55. The Bertz CT molecular complexity index is 669. The van der Waals surface area contributed by atoms with E-state index in [9.17, 15) is 0 Å². The third-order valence-corrected chi connectivity index (χ3v) is 4.04. The van der Waals surface area contributed by atoms with Crippen LogP contribution in [0.3, 0.4) is 0 Å². The van der Waals surface area contributed by atoms with Crippen LogP contribution in [-0.2, 0) is 25.8 Å². The number of hydrogen-bond donors (Lipinski definition) is 2. The Kier molecular flexibility index (Phi) is 4.30. The molecule has 0 saturated carbocycles. The molecule has 0 bridgehead atoms. The molecule has 7 heteroatoms. The summed E-state index contributed by atoms with van der Waals surface area (Å²) in [6.07, 6.45) is 7.69. The topological polar surface area (TPSA) is 85.4 Å². The van der Waals surface area contributed by atoms with E-state index in [-0.39, 0.29) is 0 Å². The molecule has 0 aliphatic heterocycles. The van der Waals surface area contributed by atoms with Crippen molar-refractivity contribution in [3.8, 4) is 0 Å². The predicted octanol–water partition coefficient (Wildman–Crippen LogP) is 2.06. The second-order valence-corrected chi connectivity index (χ2v) is 5.77. The van der Waals surface area contributed by atoms with Gasteiger partial charge in [0.15, 0.2) is 5.95 Å². The Balaban J connectivity index is 1.44. The number of nitrogen functional groups attached to an aromatic ring is 1. The molecule has 0 radical (unpaired) electrons. The smallest absolute Gasteiger partial charge is 0.197 e. The highest BCUT2D eigenvalue weighted by Gasteiger charge is 2.03. The van der Waals surface area contributed by atoms with Gasteiger partial charge in [0.1, 0.15) is 0 Å². The van der Waals surface area contributed by atoms with Crippen molar-refractivity contribution in [2.24, 2.45) is 0 Å². The molecule has 0 atom stereocenters. The molecule has 3 aromatic heterocycles. The zero-order valence-electron chi connectivity index (χ0n) is 11.7. The van der Waals surface area contributed by atoms with Gasteiger partial charge in [-0.15, -0.1) is 5.10 Å². The van der Waals surface area contributed by atoms with Crippen LogP contribution in [0.4, 0.5) is 5.95 Å². The van der Waals surface area contributed by atoms with Crippen LogP contribution in [0.1, 0.15) is 23.4 Å². The summed E-state index contributed by atoms with van der Waals surface area (Å²) >= 11 is 1.73. The van der Waals surface area contributed by atoms with E-state index in [1.54, 1.807) is 11.3 Å². The number of hydrogen-bond acceptors (Lipinski definition) is 5. The summed E-state index contributed by atoms with van der Waals surface area (Å²) < 4.78 is 1.92. The maximum absolute atomic E-state index is 5.55. The number of aromatic nitrogens is 5. The van der Waals surface area contributed by atoms with Crippen LogP contribution < -0.4 is 5.73 Å². The highest BCUT2D eigenvalue weighted by molar-refractivity contribution is 7.07. The molecule has 0 aromatic carbocycles. The molecule has 110 valence electrons. The van der Waals surface area contributed by atoms with Crippen LogP contribution in [0.5, 0.6) is 0 Å². The minimum absolute atomic E-state index is 0.476. The molecule has 0 spiro atoms. The Hall–Kier alpha value is -2.15. The zero-order chi connectivity index (χ0) is 14.5. The monoisotopic (exact) mass is 302 g/mol. The molecule has 0 unspecified atom stereocenters. The average Bonchev–Trinajstić information content (AvgIpc) is 3.19. The lowest BCUT2D eigenvalue weighted by molar-refractivity contribution is 0.589. The molecule has 0 saturated heterocycles. The fourth-order valence-corrected chi connectivity index (χ4v) is 2.90. The third kappa shape index (κ3) is 3.91. The van der Waals surface area contributed by atoms with Crippen molar-refractivity contribution in [1.29, 1.82) is 0 Å². The highest BCUT2D eigenvalue weighted by Crippen LogP contribution is 2.08. The molecule has 0 amide bonds. The minimum Gasteiger partial charge on any atom is -0.369 e. The number of aromatic amines is 1. The van der Waals surface area contributed by atoms with Crippen molar-refractivity contribution in [1.82, 2.24) is 25.0 Å². The van der Waals surface area contributed by atoms with Crippen LogP contribution in [0.2, 0.25) is 0 Å². The first-order chi connectivity index (χ1) is 10.3. The third-order valence-electron chi connectivity index (χ3n) is 3.31. The van der Waals surface area contributed by atoms with E-state index in [4.69, 9.17) is 5.73 Å². The molecule has 0 aliphatic carbocycles. The molecule has 0 aliphatic rings. The van der Waals surface area contributed by atoms with Crippen molar-refractivity contribution >= 4 is 17.3 Å². The number of H-pyrrole nitrogens is 1. The van der Waals surface area contributed by atoms with E-state index in [0.29, 0.717) is 5.95 Å². The van der Waals surface area contributed by atoms with Crippen LogP contribution in [0, 0.1) is 0 Å². The van der Waals surface area contributed by atoms with E-state index in [2.05, 4.69) is 37.1 Å². The largest absolute Gasteiger partial charge is 0.369 e. The fourth-order valence-electron chi connectivity index (χ4n) is 2.20. The lowest BCUT2D eigenvalue weighted by Gasteiger charge is -1.97. The second kappa shape index (κ2) is 6.53. The van der Waals surface area contributed by atoms with Gasteiger partial charge >= 0.3 is 0 Å². The molecule has 3 aromatic rings. The first-order valence-corrected chi connectivity index (χ1v) is 7.94. The summed E-state index contributed by atoms with van der Waals surface area (Å²) in [5.41, 5.74) is 8.93. The summed E-state index contributed by atoms with van der Waals surface area (Å²) in [7, 11) is 0. The molecule has 21 heavy (non-hydrogen) atoms. The van der Waals surface area contributed by atoms with Gasteiger partial charge in [0, 0.05) is 18.9 Å². The summed E-state index contributed by atoms with van der Waals surface area (Å²) in [5, 5.41) is 12.7. The normalized spacial score (nSPS) is 11.0. The second-order valence-electron chi connectivity index (χ2n) is 4.99. The lowest BCUT2D eigenvalue weighted by Crippen LogP contribution is -2.01. The van der Waals surface area contributed by atoms with Crippen LogP contribution in [-0.4, -0.2) is 25.0 Å². The number of thiophene rings is 1. The number of nitrogens with zero attached hydrogens (tertiary/aromatic N) is 4. The molecule has 3 rings (SSSR count). The standard InChI is InChI=1S/C14H18N6S/c15-14-16-8-12(17-14)2-1-3-13-9-20(19-18-13)6-4-11-5-7-21-10-11/h5,7-10H,1-4,6H2,(H3,15,16,17). The van der Waals surface area contributed by atoms with Gasteiger partial charge in [-0.1, -0.05) is 5.21 Å². The van der Waals surface area contributed by atoms with Crippen molar-refractivity contribution in [3.63, 3.8) is 0 Å². The first kappa shape index (κ1) is 13.8. The number of aryl methyl sites for hydroxylation is 4. The molecular formula is C14H18N6S. The average molecular weight is 302 g/mol. The van der Waals surface area contributed by atoms with Gasteiger partial charge < -0.3 is 10.7 Å². The van der Waals surface area contributed by atoms with Gasteiger partial charge in [0.2, 0.25) is 0 Å². The van der Waals surface area contributed by atoms with Crippen molar-refractivity contribution in [2.45, 2.75) is 32.2 Å². The first-order valence-electron chi connectivity index (χ1n) is 6.99. The van der Waals surface area contributed by atoms with E-state index in [1.165, 1.54) is 5.56 Å². The van der Waals surface area contributed by atoms with Crippen molar-refractivity contribution in [2.75, 3.05) is 5.73 Å². The number of anilines is 1. The van der Waals surface area contributed by atoms with Crippen LogP contribution in [0.25, 0.3) is 0 Å². The predicted molar refractivity (Wildman–Crippen MR) is 83.1 cm³/mol. The molecule has 3 heterocycles. The quantitative estimate of drug-likeness (QED) is 0.699. The zero-order valence-corrected chi connectivity index (χ0v) is 12.5. The van der Waals surface area contributed by atoms with Crippen molar-refractivity contribution < 1.29 is 0 Å². The molecule has 6 nitrogen and oxygen atoms in total. The van der Waals surface area contributed by atoms with Gasteiger partial charge in [0.05, 0.1) is 11.4 Å². The van der Waals surface area contributed by atoms with E-state index in [1.807, 2.05) is 17.1 Å². The number of rotatable bonds is 7. The minimum atomic E-state index is 0.476. The van der Waals surface area contributed by atoms with E-state index >= 15 is 0 Å². The SMILES string of the molecule is Nc1nc(CCCc2cn(CCc3ccsc3)nn2)c[nH]1. The maximum Gasteiger partial charge on any atom is 0.197 e. The summed E-state index contributed by atoms with van der Waals surface area (Å²) in [4.78, 5) is 7.07. The molecular weight excluding hydrogens is 284 g/mol. The Labute approximate surface area is 127 Å². The van der Waals surface area contributed by atoms with Gasteiger partial charge in [-0.05, 0) is 48.1 Å². The fraction of sp³-hybridized carbons (Fsp3) is 0.357. The summed E-state index contributed by atoms with van der Waals surface area (Å²) in [6, 6.07) is 2.15. The number of nitrogens with one attached hydrogen (secondary N) is 1. The Morgan fingerprint density at radius 1 is 1.24 bits per heavy atom. The van der Waals surface area contributed by atoms with E-state index < -0.39 is 0 Å². The van der Waals surface area contributed by atoms with Crippen LogP contribution in [0.15, 0.2) is 29.2 Å². The molecule has 0 fully saturated rings. The van der Waals surface area contributed by atoms with Gasteiger partial charge in [-0.3, -0.25) is 4.68 Å². The van der Waals surface area contributed by atoms with E-state index in [0.717, 1.165) is 43.6 Å². The highest BCUT2D eigenvalue weighted by atomic mass is 32.1. The van der Waals surface area contributed by atoms with Crippen LogP contribution >= 0.6 is 11.3 Å². The van der Waals surface area contributed by atoms with Gasteiger partial charge in [-0.25, -0.2) is 4.98 Å². The van der Waals surface area contributed by atoms with Gasteiger partial charge in [0.25, 0.3) is 0 Å². The number of nitrogens with two attached hydrogens (primary N) is 1. The summed E-state index contributed by atoms with van der Waals surface area (Å²) in [6.45, 7) is 0.875. The Morgan fingerprint density at radius 3 is 2.90 bits per heavy atom. The lowest BCUT2D eigenvalue weighted by atomic mass is 10.2. The molecule has 3 N–H and O–H groups in total. The summed E-state index contributed by atoms with van der Waals surface area (Å²) in [5.74, 6) is 0.476. The van der Waals surface area contributed by atoms with Crippen molar-refractivity contribution in [3.05, 3.63) is 46.2 Å². The Morgan fingerprint density at radius 2 is 2.14 bits per heavy atom. The number of imidazole rings is 1.